The van der Waals surface area contributed by atoms with E-state index in [0.29, 0.717) is 37.7 Å². The summed E-state index contributed by atoms with van der Waals surface area (Å²) in [6.07, 6.45) is 4.98. The molecule has 1 unspecified atom stereocenters. The van der Waals surface area contributed by atoms with Crippen LogP contribution in [0.2, 0.25) is 0 Å². The van der Waals surface area contributed by atoms with Crippen LogP contribution in [0.4, 0.5) is 4.79 Å². The van der Waals surface area contributed by atoms with Crippen LogP contribution < -0.4 is 4.74 Å². The van der Waals surface area contributed by atoms with E-state index >= 15 is 0 Å². The number of ether oxygens (including phenoxy) is 2. The molecule has 3 rings (SSSR count). The number of amides is 2. The summed E-state index contributed by atoms with van der Waals surface area (Å²) in [6, 6.07) is 7.52. The average Bonchev–Trinajstić information content (AvgIpc) is 2.81. The number of benzene rings is 1. The largest absolute Gasteiger partial charge is 0.482 e. The van der Waals surface area contributed by atoms with E-state index in [1.807, 2.05) is 37.8 Å². The molecule has 8 heteroatoms. The van der Waals surface area contributed by atoms with Gasteiger partial charge < -0.3 is 24.4 Å². The Morgan fingerprint density at radius 2 is 1.68 bits per heavy atom. The molecule has 34 heavy (non-hydrogen) atoms. The second kappa shape index (κ2) is 11.6. The van der Waals surface area contributed by atoms with E-state index in [1.165, 1.54) is 0 Å². The summed E-state index contributed by atoms with van der Waals surface area (Å²) in [6.45, 7) is 8.15. The van der Waals surface area contributed by atoms with Crippen LogP contribution in [-0.4, -0.2) is 71.3 Å². The maximum atomic E-state index is 12.9. The molecule has 188 valence electrons. The second-order valence-electron chi connectivity index (χ2n) is 10.4. The first kappa shape index (κ1) is 25.8. The lowest BCUT2D eigenvalue weighted by atomic mass is 9.89. The van der Waals surface area contributed by atoms with Gasteiger partial charge in [-0.1, -0.05) is 12.1 Å². The van der Waals surface area contributed by atoms with Crippen molar-refractivity contribution in [2.45, 2.75) is 70.8 Å². The van der Waals surface area contributed by atoms with Gasteiger partial charge in [-0.25, -0.2) is 9.59 Å². The quantitative estimate of drug-likeness (QED) is 0.634. The molecule has 2 aliphatic heterocycles. The van der Waals surface area contributed by atoms with Crippen molar-refractivity contribution < 1.29 is 29.0 Å². The summed E-state index contributed by atoms with van der Waals surface area (Å²) in [5.74, 6) is 0.484. The molecule has 0 saturated carbocycles. The van der Waals surface area contributed by atoms with Gasteiger partial charge in [0, 0.05) is 38.5 Å². The molecule has 0 radical (unpaired) electrons. The lowest BCUT2D eigenvalue weighted by Crippen LogP contribution is -2.42. The Hall–Kier alpha value is -2.77. The van der Waals surface area contributed by atoms with Gasteiger partial charge in [-0.2, -0.15) is 0 Å². The minimum Gasteiger partial charge on any atom is -0.482 e. The first-order chi connectivity index (χ1) is 16.1. The van der Waals surface area contributed by atoms with E-state index in [4.69, 9.17) is 14.6 Å². The van der Waals surface area contributed by atoms with Crippen LogP contribution in [0.1, 0.15) is 70.8 Å². The summed E-state index contributed by atoms with van der Waals surface area (Å²) in [5, 5.41) is 8.73. The van der Waals surface area contributed by atoms with Crippen LogP contribution in [0.15, 0.2) is 24.3 Å². The molecule has 2 saturated heterocycles. The molecule has 1 aromatic rings. The molecular formula is C26H38N2O6. The van der Waals surface area contributed by atoms with Gasteiger partial charge in [0.2, 0.25) is 5.91 Å². The maximum Gasteiger partial charge on any atom is 0.410 e. The number of carbonyl (C=O) groups excluding carboxylic acids is 2. The van der Waals surface area contributed by atoms with Gasteiger partial charge in [0.05, 0.1) is 0 Å². The van der Waals surface area contributed by atoms with Crippen molar-refractivity contribution in [3.05, 3.63) is 29.8 Å². The third kappa shape index (κ3) is 7.92. The third-order valence-electron chi connectivity index (χ3n) is 6.52. The van der Waals surface area contributed by atoms with E-state index in [1.54, 1.807) is 17.0 Å². The summed E-state index contributed by atoms with van der Waals surface area (Å²) in [4.78, 5) is 39.6. The molecule has 0 spiro atoms. The minimum absolute atomic E-state index is 0.209. The number of hydrogen-bond donors (Lipinski definition) is 1. The fourth-order valence-corrected chi connectivity index (χ4v) is 4.67. The van der Waals surface area contributed by atoms with E-state index in [9.17, 15) is 14.4 Å². The zero-order valence-corrected chi connectivity index (χ0v) is 20.6. The minimum atomic E-state index is -1.00. The summed E-state index contributed by atoms with van der Waals surface area (Å²) in [5.41, 5.74) is 0.665. The molecule has 2 heterocycles. The van der Waals surface area contributed by atoms with E-state index < -0.39 is 11.6 Å². The van der Waals surface area contributed by atoms with Crippen molar-refractivity contribution >= 4 is 18.0 Å². The molecule has 2 amide bonds. The fourth-order valence-electron chi connectivity index (χ4n) is 4.67. The van der Waals surface area contributed by atoms with Gasteiger partial charge in [-0.05, 0) is 76.5 Å². The second-order valence-corrected chi connectivity index (χ2v) is 10.4. The number of carboxylic acid groups (broad SMARTS) is 1. The van der Waals surface area contributed by atoms with Crippen molar-refractivity contribution in [3.63, 3.8) is 0 Å². The Balaban J connectivity index is 1.42. The molecule has 1 aromatic carbocycles. The normalized spacial score (nSPS) is 19.6. The number of rotatable bonds is 7. The molecule has 8 nitrogen and oxygen atoms in total. The predicted molar refractivity (Wildman–Crippen MR) is 128 cm³/mol. The molecule has 1 atom stereocenters. The molecule has 0 bridgehead atoms. The molecule has 0 aromatic heterocycles. The van der Waals surface area contributed by atoms with Crippen LogP contribution in [0.25, 0.3) is 0 Å². The number of hydrogen-bond acceptors (Lipinski definition) is 5. The van der Waals surface area contributed by atoms with E-state index in [2.05, 4.69) is 0 Å². The van der Waals surface area contributed by atoms with Gasteiger partial charge in [-0.15, -0.1) is 0 Å². The summed E-state index contributed by atoms with van der Waals surface area (Å²) < 4.78 is 10.7. The Bertz CT molecular complexity index is 840. The summed E-state index contributed by atoms with van der Waals surface area (Å²) >= 11 is 0. The number of nitrogens with zero attached hydrogens (tertiary/aromatic N) is 2. The molecule has 0 aliphatic carbocycles. The maximum absolute atomic E-state index is 12.9. The number of carbonyl (C=O) groups is 3. The highest BCUT2D eigenvalue weighted by atomic mass is 16.6. The summed E-state index contributed by atoms with van der Waals surface area (Å²) in [7, 11) is 0. The lowest BCUT2D eigenvalue weighted by molar-refractivity contribution is -0.139. The van der Waals surface area contributed by atoms with Crippen LogP contribution >= 0.6 is 0 Å². The van der Waals surface area contributed by atoms with Crippen molar-refractivity contribution in [1.82, 2.24) is 9.80 Å². The van der Waals surface area contributed by atoms with Gasteiger partial charge in [0.25, 0.3) is 0 Å². The third-order valence-corrected chi connectivity index (χ3v) is 6.52. The van der Waals surface area contributed by atoms with Crippen LogP contribution in [0.3, 0.4) is 0 Å². The molecule has 1 N–H and O–H groups in total. The first-order valence-electron chi connectivity index (χ1n) is 12.3. The Labute approximate surface area is 202 Å². The molecule has 2 aliphatic rings. The molecule has 2 fully saturated rings. The fraction of sp³-hybridized carbons (Fsp3) is 0.654. The monoisotopic (exact) mass is 474 g/mol. The average molecular weight is 475 g/mol. The number of likely N-dealkylation sites (tertiary alicyclic amines) is 2. The van der Waals surface area contributed by atoms with Crippen molar-refractivity contribution in [2.75, 3.05) is 32.8 Å². The first-order valence-corrected chi connectivity index (χ1v) is 12.3. The van der Waals surface area contributed by atoms with E-state index in [-0.39, 0.29) is 24.5 Å². The van der Waals surface area contributed by atoms with E-state index in [0.717, 1.165) is 44.2 Å². The van der Waals surface area contributed by atoms with Crippen molar-refractivity contribution in [1.29, 1.82) is 0 Å². The van der Waals surface area contributed by atoms with Crippen LogP contribution in [0, 0.1) is 5.92 Å². The highest BCUT2D eigenvalue weighted by Gasteiger charge is 2.29. The Kier molecular flexibility index (Phi) is 8.80. The highest BCUT2D eigenvalue weighted by Crippen LogP contribution is 2.30. The van der Waals surface area contributed by atoms with Gasteiger partial charge in [0.1, 0.15) is 11.4 Å². The van der Waals surface area contributed by atoms with Crippen molar-refractivity contribution in [2.24, 2.45) is 5.92 Å². The topological polar surface area (TPSA) is 96.4 Å². The van der Waals surface area contributed by atoms with Crippen LogP contribution in [0.5, 0.6) is 5.75 Å². The SMILES string of the molecule is CC(C)(C)OC(=O)N1CCC(CCC(=O)N2CCCC(c3ccc(OCC(=O)O)cc3)C2)CC1. The number of aliphatic carboxylic acids is 1. The van der Waals surface area contributed by atoms with Crippen LogP contribution in [-0.2, 0) is 14.3 Å². The predicted octanol–water partition coefficient (Wildman–Crippen LogP) is 4.28. The Morgan fingerprint density at radius 3 is 2.29 bits per heavy atom. The highest BCUT2D eigenvalue weighted by molar-refractivity contribution is 5.76. The van der Waals surface area contributed by atoms with Gasteiger partial charge in [0.15, 0.2) is 6.61 Å². The van der Waals surface area contributed by atoms with Gasteiger partial charge >= 0.3 is 12.1 Å². The number of carboxylic acids is 1. The Morgan fingerprint density at radius 1 is 1.00 bits per heavy atom. The number of piperidine rings is 2. The zero-order chi connectivity index (χ0) is 24.7. The lowest BCUT2D eigenvalue weighted by Gasteiger charge is -2.35. The zero-order valence-electron chi connectivity index (χ0n) is 20.6. The standard InChI is InChI=1S/C26H38N2O6/c1-26(2,3)34-25(32)27-15-12-19(13-16-27)6-11-23(29)28-14-4-5-21(17-28)20-7-9-22(10-8-20)33-18-24(30)31/h7-10,19,21H,4-6,11-18H2,1-3H3,(H,30,31). The van der Waals surface area contributed by atoms with Crippen molar-refractivity contribution in [3.8, 4) is 5.75 Å². The molecular weight excluding hydrogens is 436 g/mol. The smallest absolute Gasteiger partial charge is 0.410 e. The van der Waals surface area contributed by atoms with Gasteiger partial charge in [-0.3, -0.25) is 4.79 Å².